The molecule has 0 saturated carbocycles. The minimum atomic E-state index is -3.74. The highest BCUT2D eigenvalue weighted by atomic mass is 32.2. The standard InChI is InChI=1S/C14H17NO5S/c1-20-14(17)12-9-11(7-8-13(12)16)21(18,19)15-10-5-3-2-4-6-10/h2-3,7-10,15-16H,4-6H2,1H3. The highest BCUT2D eigenvalue weighted by Gasteiger charge is 2.23. The minimum absolute atomic E-state index is 0.0738. The number of hydrogen-bond acceptors (Lipinski definition) is 5. The Balaban J connectivity index is 2.27. The van der Waals surface area contributed by atoms with E-state index in [2.05, 4.69) is 9.46 Å². The zero-order valence-corrected chi connectivity index (χ0v) is 12.4. The van der Waals surface area contributed by atoms with Crippen molar-refractivity contribution in [3.05, 3.63) is 35.9 Å². The van der Waals surface area contributed by atoms with Crippen molar-refractivity contribution < 1.29 is 23.1 Å². The number of rotatable bonds is 4. The fraction of sp³-hybridized carbons (Fsp3) is 0.357. The molecule has 1 aromatic rings. The summed E-state index contributed by atoms with van der Waals surface area (Å²) in [7, 11) is -2.58. The second-order valence-electron chi connectivity index (χ2n) is 4.77. The van der Waals surface area contributed by atoms with Crippen LogP contribution in [-0.2, 0) is 14.8 Å². The average molecular weight is 311 g/mol. The molecule has 114 valence electrons. The second-order valence-corrected chi connectivity index (χ2v) is 6.49. The zero-order valence-electron chi connectivity index (χ0n) is 11.6. The smallest absolute Gasteiger partial charge is 0.341 e. The lowest BCUT2D eigenvalue weighted by molar-refractivity contribution is 0.0597. The quantitative estimate of drug-likeness (QED) is 0.650. The van der Waals surface area contributed by atoms with E-state index < -0.39 is 16.0 Å². The number of phenols is 1. The van der Waals surface area contributed by atoms with Crippen LogP contribution < -0.4 is 4.72 Å². The monoisotopic (exact) mass is 311 g/mol. The van der Waals surface area contributed by atoms with Crippen molar-refractivity contribution in [1.29, 1.82) is 0 Å². The highest BCUT2D eigenvalue weighted by molar-refractivity contribution is 7.89. The van der Waals surface area contributed by atoms with Gasteiger partial charge in [-0.3, -0.25) is 0 Å². The number of carbonyl (C=O) groups is 1. The molecule has 0 saturated heterocycles. The van der Waals surface area contributed by atoms with Crippen molar-refractivity contribution >= 4 is 16.0 Å². The Morgan fingerprint density at radius 1 is 1.38 bits per heavy atom. The minimum Gasteiger partial charge on any atom is -0.507 e. The summed E-state index contributed by atoms with van der Waals surface area (Å²) in [5, 5.41) is 9.60. The molecule has 0 aromatic heterocycles. The second kappa shape index (κ2) is 6.28. The molecule has 2 N–H and O–H groups in total. The number of methoxy groups -OCH3 is 1. The molecule has 1 aliphatic rings. The summed E-state index contributed by atoms with van der Waals surface area (Å²) < 4.78 is 31.7. The molecule has 0 amide bonds. The number of nitrogens with one attached hydrogen (secondary N) is 1. The van der Waals surface area contributed by atoms with E-state index in [4.69, 9.17) is 0 Å². The molecule has 1 atom stereocenters. The first-order chi connectivity index (χ1) is 9.94. The van der Waals surface area contributed by atoms with Crippen LogP contribution in [0.3, 0.4) is 0 Å². The van der Waals surface area contributed by atoms with Gasteiger partial charge in [0.05, 0.1) is 12.0 Å². The summed E-state index contributed by atoms with van der Waals surface area (Å²) in [4.78, 5) is 11.4. The van der Waals surface area contributed by atoms with Gasteiger partial charge in [0.25, 0.3) is 0 Å². The largest absolute Gasteiger partial charge is 0.507 e. The molecule has 21 heavy (non-hydrogen) atoms. The summed E-state index contributed by atoms with van der Waals surface area (Å²) >= 11 is 0. The number of ether oxygens (including phenoxy) is 1. The van der Waals surface area contributed by atoms with Gasteiger partial charge in [-0.2, -0.15) is 0 Å². The summed E-state index contributed by atoms with van der Waals surface area (Å²) in [5.74, 6) is -1.11. The van der Waals surface area contributed by atoms with Gasteiger partial charge in [-0.15, -0.1) is 0 Å². The Kier molecular flexibility index (Phi) is 4.64. The Morgan fingerprint density at radius 3 is 2.76 bits per heavy atom. The first kappa shape index (κ1) is 15.5. The molecule has 0 heterocycles. The van der Waals surface area contributed by atoms with Crippen LogP contribution in [0.5, 0.6) is 5.75 Å². The average Bonchev–Trinajstić information content (AvgIpc) is 2.47. The Bertz CT molecular complexity index is 666. The van der Waals surface area contributed by atoms with Crippen LogP contribution in [0.1, 0.15) is 29.6 Å². The number of sulfonamides is 1. The number of aromatic hydroxyl groups is 1. The van der Waals surface area contributed by atoms with Crippen molar-refractivity contribution in [3.8, 4) is 5.75 Å². The normalized spacial score (nSPS) is 18.4. The van der Waals surface area contributed by atoms with Gasteiger partial charge >= 0.3 is 5.97 Å². The molecule has 0 radical (unpaired) electrons. The molecule has 0 spiro atoms. The maximum atomic E-state index is 12.3. The molecule has 0 aliphatic heterocycles. The maximum Gasteiger partial charge on any atom is 0.341 e. The number of benzene rings is 1. The van der Waals surface area contributed by atoms with E-state index in [-0.39, 0.29) is 22.3 Å². The maximum absolute atomic E-state index is 12.3. The molecule has 1 aliphatic carbocycles. The molecule has 1 unspecified atom stereocenters. The Hall–Kier alpha value is -1.86. The van der Waals surface area contributed by atoms with Gasteiger partial charge in [-0.1, -0.05) is 12.2 Å². The van der Waals surface area contributed by atoms with Crippen molar-refractivity contribution in [2.75, 3.05) is 7.11 Å². The molecule has 0 fully saturated rings. The third-order valence-electron chi connectivity index (χ3n) is 3.27. The number of allylic oxidation sites excluding steroid dienone is 1. The third-order valence-corrected chi connectivity index (χ3v) is 4.79. The number of carbonyl (C=O) groups excluding carboxylic acids is 1. The Morgan fingerprint density at radius 2 is 2.14 bits per heavy atom. The van der Waals surface area contributed by atoms with Crippen LogP contribution in [0.2, 0.25) is 0 Å². The van der Waals surface area contributed by atoms with Gasteiger partial charge < -0.3 is 9.84 Å². The van der Waals surface area contributed by atoms with Crippen molar-refractivity contribution in [3.63, 3.8) is 0 Å². The van der Waals surface area contributed by atoms with Gasteiger partial charge in [-0.05, 0) is 37.5 Å². The lowest BCUT2D eigenvalue weighted by Gasteiger charge is -2.19. The molecule has 0 bridgehead atoms. The van der Waals surface area contributed by atoms with Crippen LogP contribution in [0.15, 0.2) is 35.2 Å². The molecular weight excluding hydrogens is 294 g/mol. The van der Waals surface area contributed by atoms with Gasteiger partial charge in [0, 0.05) is 6.04 Å². The van der Waals surface area contributed by atoms with Crippen LogP contribution >= 0.6 is 0 Å². The number of esters is 1. The fourth-order valence-corrected chi connectivity index (χ4v) is 3.45. The fourth-order valence-electron chi connectivity index (χ4n) is 2.14. The van der Waals surface area contributed by atoms with E-state index in [0.29, 0.717) is 6.42 Å². The van der Waals surface area contributed by atoms with E-state index in [1.165, 1.54) is 12.1 Å². The summed E-state index contributed by atoms with van der Waals surface area (Å²) in [6.45, 7) is 0. The van der Waals surface area contributed by atoms with E-state index >= 15 is 0 Å². The summed E-state index contributed by atoms with van der Waals surface area (Å²) in [5.41, 5.74) is -0.177. The van der Waals surface area contributed by atoms with Crippen LogP contribution in [0, 0.1) is 0 Å². The van der Waals surface area contributed by atoms with Crippen molar-refractivity contribution in [2.24, 2.45) is 0 Å². The number of hydrogen-bond donors (Lipinski definition) is 2. The topological polar surface area (TPSA) is 92.7 Å². The van der Waals surface area contributed by atoms with Crippen molar-refractivity contribution in [2.45, 2.75) is 30.2 Å². The van der Waals surface area contributed by atoms with Crippen LogP contribution in [0.25, 0.3) is 0 Å². The van der Waals surface area contributed by atoms with E-state index in [1.54, 1.807) is 0 Å². The van der Waals surface area contributed by atoms with E-state index in [0.717, 1.165) is 26.0 Å². The third kappa shape index (κ3) is 3.62. The molecule has 2 rings (SSSR count). The summed E-state index contributed by atoms with van der Waals surface area (Å²) in [6.07, 6.45) is 6.16. The van der Waals surface area contributed by atoms with Crippen LogP contribution in [0.4, 0.5) is 0 Å². The van der Waals surface area contributed by atoms with Gasteiger partial charge in [0.2, 0.25) is 10.0 Å². The van der Waals surface area contributed by atoms with Crippen LogP contribution in [-0.4, -0.2) is 32.6 Å². The Labute approximate surface area is 123 Å². The van der Waals surface area contributed by atoms with E-state index in [9.17, 15) is 18.3 Å². The highest BCUT2D eigenvalue weighted by Crippen LogP contribution is 2.23. The number of phenolic OH excluding ortho intramolecular Hbond substituents is 1. The zero-order chi connectivity index (χ0) is 15.5. The van der Waals surface area contributed by atoms with E-state index in [1.807, 2.05) is 12.2 Å². The predicted octanol–water partition coefficient (Wildman–Crippen LogP) is 1.57. The molecule has 6 nitrogen and oxygen atoms in total. The lowest BCUT2D eigenvalue weighted by Crippen LogP contribution is -2.35. The van der Waals surface area contributed by atoms with Gasteiger partial charge in [0.15, 0.2) is 0 Å². The lowest BCUT2D eigenvalue weighted by atomic mass is 10.0. The predicted molar refractivity (Wildman–Crippen MR) is 76.5 cm³/mol. The van der Waals surface area contributed by atoms with Gasteiger partial charge in [0.1, 0.15) is 11.3 Å². The first-order valence-electron chi connectivity index (χ1n) is 6.52. The molecule has 7 heteroatoms. The van der Waals surface area contributed by atoms with Crippen molar-refractivity contribution in [1.82, 2.24) is 4.72 Å². The molecular formula is C14H17NO5S. The SMILES string of the molecule is COC(=O)c1cc(S(=O)(=O)NC2CC=CCC2)ccc1O. The first-order valence-corrected chi connectivity index (χ1v) is 8.01. The summed E-state index contributed by atoms with van der Waals surface area (Å²) in [6, 6.07) is 3.38. The van der Waals surface area contributed by atoms with Gasteiger partial charge in [-0.25, -0.2) is 17.9 Å². The molecule has 1 aromatic carbocycles.